The summed E-state index contributed by atoms with van der Waals surface area (Å²) >= 11 is 3.54. The molecule has 6 heteroatoms. The van der Waals surface area contributed by atoms with E-state index in [4.69, 9.17) is 0 Å². The van der Waals surface area contributed by atoms with Gasteiger partial charge in [0.05, 0.1) is 6.20 Å². The second-order valence-electron chi connectivity index (χ2n) is 5.73. The summed E-state index contributed by atoms with van der Waals surface area (Å²) in [5, 5.41) is 14.8. The molecule has 0 radical (unpaired) electrons. The van der Waals surface area contributed by atoms with Gasteiger partial charge in [-0.15, -0.1) is 5.10 Å². The van der Waals surface area contributed by atoms with Gasteiger partial charge in [-0.2, -0.15) is 10.1 Å². The molecule has 5 nitrogen and oxygen atoms in total. The lowest BCUT2D eigenvalue weighted by atomic mass is 9.96. The number of hydrogen-bond acceptors (Lipinski definition) is 5. The number of nitrogens with zero attached hydrogens (tertiary/aromatic N) is 3. The topological polar surface area (TPSA) is 62.7 Å². The van der Waals surface area contributed by atoms with Crippen molar-refractivity contribution in [3.63, 3.8) is 0 Å². The third-order valence-electron chi connectivity index (χ3n) is 3.94. The van der Waals surface area contributed by atoms with Crippen molar-refractivity contribution in [2.24, 2.45) is 0 Å². The summed E-state index contributed by atoms with van der Waals surface area (Å²) in [5.74, 6) is 1.30. The number of benzene rings is 1. The minimum Gasteiger partial charge on any atom is -0.350 e. The van der Waals surface area contributed by atoms with Crippen LogP contribution in [0.15, 0.2) is 28.9 Å². The standard InChI is InChI=1S/C16H20BrN5/c1-11-7-8-13(9-14(11)17)19-15-10-18-22-16(21-15)20-12-5-3-2-4-6-12/h7-10,12H,2-6H2,1H3,(H2,19,20,21,22). The Morgan fingerprint density at radius 3 is 2.77 bits per heavy atom. The molecule has 2 aromatic rings. The van der Waals surface area contributed by atoms with Gasteiger partial charge in [0.15, 0.2) is 5.82 Å². The van der Waals surface area contributed by atoms with Gasteiger partial charge in [0.1, 0.15) is 0 Å². The van der Waals surface area contributed by atoms with E-state index in [0.29, 0.717) is 17.8 Å². The van der Waals surface area contributed by atoms with Crippen LogP contribution in [0.25, 0.3) is 0 Å². The molecule has 0 spiro atoms. The van der Waals surface area contributed by atoms with Gasteiger partial charge in [-0.1, -0.05) is 41.3 Å². The van der Waals surface area contributed by atoms with E-state index >= 15 is 0 Å². The van der Waals surface area contributed by atoms with Crippen molar-refractivity contribution in [3.8, 4) is 0 Å². The van der Waals surface area contributed by atoms with Crippen molar-refractivity contribution in [1.82, 2.24) is 15.2 Å². The molecule has 1 heterocycles. The van der Waals surface area contributed by atoms with E-state index < -0.39 is 0 Å². The SMILES string of the molecule is Cc1ccc(Nc2cnnc(NC3CCCCC3)n2)cc1Br. The van der Waals surface area contributed by atoms with Crippen LogP contribution in [0.2, 0.25) is 0 Å². The van der Waals surface area contributed by atoms with Gasteiger partial charge in [0.2, 0.25) is 5.95 Å². The highest BCUT2D eigenvalue weighted by Crippen LogP contribution is 2.23. The van der Waals surface area contributed by atoms with E-state index in [1.807, 2.05) is 12.1 Å². The Morgan fingerprint density at radius 2 is 2.00 bits per heavy atom. The molecule has 1 saturated carbocycles. The Labute approximate surface area is 139 Å². The molecule has 2 N–H and O–H groups in total. The number of aromatic nitrogens is 3. The van der Waals surface area contributed by atoms with Crippen LogP contribution >= 0.6 is 15.9 Å². The molecule has 1 aliphatic rings. The molecule has 0 atom stereocenters. The lowest BCUT2D eigenvalue weighted by molar-refractivity contribution is 0.460. The zero-order valence-corrected chi connectivity index (χ0v) is 14.2. The van der Waals surface area contributed by atoms with E-state index in [0.717, 1.165) is 10.2 Å². The van der Waals surface area contributed by atoms with Crippen LogP contribution in [0.5, 0.6) is 0 Å². The summed E-state index contributed by atoms with van der Waals surface area (Å²) in [6.07, 6.45) is 7.90. The first-order chi connectivity index (χ1) is 10.7. The van der Waals surface area contributed by atoms with Crippen LogP contribution in [-0.2, 0) is 0 Å². The van der Waals surface area contributed by atoms with Crippen LogP contribution < -0.4 is 10.6 Å². The highest BCUT2D eigenvalue weighted by Gasteiger charge is 2.14. The quantitative estimate of drug-likeness (QED) is 0.843. The highest BCUT2D eigenvalue weighted by molar-refractivity contribution is 9.10. The monoisotopic (exact) mass is 361 g/mol. The molecule has 0 unspecified atom stereocenters. The predicted octanol–water partition coefficient (Wildman–Crippen LogP) is 4.43. The number of hydrogen-bond donors (Lipinski definition) is 2. The van der Waals surface area contributed by atoms with Crippen molar-refractivity contribution in [1.29, 1.82) is 0 Å². The van der Waals surface area contributed by atoms with E-state index in [1.54, 1.807) is 6.20 Å². The molecular weight excluding hydrogens is 342 g/mol. The molecule has 0 bridgehead atoms. The van der Waals surface area contributed by atoms with Gasteiger partial charge in [0, 0.05) is 16.2 Å². The van der Waals surface area contributed by atoms with Gasteiger partial charge < -0.3 is 10.6 Å². The van der Waals surface area contributed by atoms with Crippen molar-refractivity contribution >= 4 is 33.4 Å². The normalized spacial score (nSPS) is 15.5. The Kier molecular flexibility index (Phi) is 4.87. The first-order valence-corrected chi connectivity index (χ1v) is 8.49. The zero-order valence-electron chi connectivity index (χ0n) is 12.6. The third kappa shape index (κ3) is 3.94. The molecule has 1 aliphatic carbocycles. The minimum atomic E-state index is 0.472. The van der Waals surface area contributed by atoms with E-state index in [2.05, 4.69) is 54.7 Å². The maximum absolute atomic E-state index is 4.50. The lowest BCUT2D eigenvalue weighted by Gasteiger charge is -2.22. The maximum atomic E-state index is 4.50. The Hall–Kier alpha value is -1.69. The largest absolute Gasteiger partial charge is 0.350 e. The van der Waals surface area contributed by atoms with Crippen molar-refractivity contribution in [2.75, 3.05) is 10.6 Å². The summed E-state index contributed by atoms with van der Waals surface area (Å²) in [5.41, 5.74) is 2.17. The number of anilines is 3. The fourth-order valence-electron chi connectivity index (χ4n) is 2.67. The van der Waals surface area contributed by atoms with Crippen LogP contribution in [-0.4, -0.2) is 21.2 Å². The molecule has 116 valence electrons. The lowest BCUT2D eigenvalue weighted by Crippen LogP contribution is -2.23. The molecule has 0 aliphatic heterocycles. The van der Waals surface area contributed by atoms with Gasteiger partial charge >= 0.3 is 0 Å². The fourth-order valence-corrected chi connectivity index (χ4v) is 3.05. The summed E-state index contributed by atoms with van der Waals surface area (Å²) in [6, 6.07) is 6.59. The molecule has 0 amide bonds. The molecule has 1 fully saturated rings. The molecule has 1 aromatic heterocycles. The minimum absolute atomic E-state index is 0.472. The van der Waals surface area contributed by atoms with E-state index in [9.17, 15) is 0 Å². The van der Waals surface area contributed by atoms with E-state index in [1.165, 1.54) is 37.7 Å². The van der Waals surface area contributed by atoms with Crippen LogP contribution in [0.4, 0.5) is 17.5 Å². The molecular formula is C16H20BrN5. The summed E-state index contributed by atoms with van der Waals surface area (Å²) < 4.78 is 1.07. The fraction of sp³-hybridized carbons (Fsp3) is 0.438. The first-order valence-electron chi connectivity index (χ1n) is 7.70. The average molecular weight is 362 g/mol. The Bertz CT molecular complexity index is 640. The predicted molar refractivity (Wildman–Crippen MR) is 92.5 cm³/mol. The zero-order chi connectivity index (χ0) is 15.4. The second kappa shape index (κ2) is 7.05. The number of rotatable bonds is 4. The molecule has 1 aromatic carbocycles. The van der Waals surface area contributed by atoms with E-state index in [-0.39, 0.29) is 0 Å². The van der Waals surface area contributed by atoms with Crippen LogP contribution in [0.3, 0.4) is 0 Å². The smallest absolute Gasteiger partial charge is 0.244 e. The molecule has 0 saturated heterocycles. The maximum Gasteiger partial charge on any atom is 0.244 e. The van der Waals surface area contributed by atoms with Gasteiger partial charge in [0.25, 0.3) is 0 Å². The molecule has 3 rings (SSSR count). The number of halogens is 1. The number of nitrogens with one attached hydrogen (secondary N) is 2. The van der Waals surface area contributed by atoms with Crippen molar-refractivity contribution < 1.29 is 0 Å². The van der Waals surface area contributed by atoms with Crippen molar-refractivity contribution in [3.05, 3.63) is 34.4 Å². The Balaban J connectivity index is 1.68. The third-order valence-corrected chi connectivity index (χ3v) is 4.80. The second-order valence-corrected chi connectivity index (χ2v) is 6.59. The van der Waals surface area contributed by atoms with Crippen LogP contribution in [0, 0.1) is 6.92 Å². The summed E-state index contributed by atoms with van der Waals surface area (Å²) in [7, 11) is 0. The highest BCUT2D eigenvalue weighted by atomic mass is 79.9. The van der Waals surface area contributed by atoms with Gasteiger partial charge in [-0.3, -0.25) is 0 Å². The Morgan fingerprint density at radius 1 is 1.18 bits per heavy atom. The van der Waals surface area contributed by atoms with Gasteiger partial charge in [-0.05, 0) is 37.5 Å². The average Bonchev–Trinajstić information content (AvgIpc) is 2.52. The summed E-state index contributed by atoms with van der Waals surface area (Å²) in [6.45, 7) is 2.06. The number of aryl methyl sites for hydroxylation is 1. The van der Waals surface area contributed by atoms with Crippen LogP contribution in [0.1, 0.15) is 37.7 Å². The van der Waals surface area contributed by atoms with Gasteiger partial charge in [-0.25, -0.2) is 0 Å². The summed E-state index contributed by atoms with van der Waals surface area (Å²) in [4.78, 5) is 4.50. The first kappa shape index (κ1) is 15.2. The van der Waals surface area contributed by atoms with Crippen molar-refractivity contribution in [2.45, 2.75) is 45.1 Å². The molecule has 22 heavy (non-hydrogen) atoms.